The van der Waals surface area contributed by atoms with Crippen molar-refractivity contribution in [2.45, 2.75) is 19.4 Å². The summed E-state index contributed by atoms with van der Waals surface area (Å²) in [5.41, 5.74) is 0. The highest BCUT2D eigenvalue weighted by Crippen LogP contribution is 2.22. The molecule has 0 fully saturated rings. The van der Waals surface area contributed by atoms with Gasteiger partial charge in [-0.05, 0) is 17.9 Å². The largest absolute Gasteiger partial charge is 0.481 e. The number of imidazole rings is 1. The van der Waals surface area contributed by atoms with Crippen molar-refractivity contribution in [3.63, 3.8) is 0 Å². The van der Waals surface area contributed by atoms with E-state index >= 15 is 0 Å². The quantitative estimate of drug-likeness (QED) is 0.867. The van der Waals surface area contributed by atoms with Gasteiger partial charge in [0.15, 0.2) is 0 Å². The first-order chi connectivity index (χ1) is 7.77. The molecule has 2 aromatic rings. The summed E-state index contributed by atoms with van der Waals surface area (Å²) < 4.78 is 1.99. The van der Waals surface area contributed by atoms with Gasteiger partial charge in [-0.2, -0.15) is 0 Å². The van der Waals surface area contributed by atoms with Crippen LogP contribution in [-0.4, -0.2) is 20.6 Å². The van der Waals surface area contributed by atoms with E-state index in [-0.39, 0.29) is 6.42 Å². The maximum Gasteiger partial charge on any atom is 0.303 e. The second kappa shape index (κ2) is 4.94. The number of aryl methyl sites for hydroxylation is 1. The smallest absolute Gasteiger partial charge is 0.303 e. The zero-order valence-corrected chi connectivity index (χ0v) is 9.48. The summed E-state index contributed by atoms with van der Waals surface area (Å²) in [5, 5.41) is 10.6. The molecule has 0 unspecified atom stereocenters. The Morgan fingerprint density at radius 2 is 2.44 bits per heavy atom. The second-order valence-corrected chi connectivity index (χ2v) is 4.37. The first kappa shape index (κ1) is 10.9. The predicted molar refractivity (Wildman–Crippen MR) is 62.4 cm³/mol. The SMILES string of the molecule is O=C(O)CCCn1ccnc1-c1cccs1. The monoisotopic (exact) mass is 236 g/mol. The van der Waals surface area contributed by atoms with Crippen molar-refractivity contribution in [3.8, 4) is 10.7 Å². The third-order valence-corrected chi connectivity index (χ3v) is 3.11. The molecule has 0 saturated heterocycles. The van der Waals surface area contributed by atoms with Gasteiger partial charge in [-0.25, -0.2) is 4.98 Å². The highest BCUT2D eigenvalue weighted by molar-refractivity contribution is 7.13. The van der Waals surface area contributed by atoms with Crippen LogP contribution in [-0.2, 0) is 11.3 Å². The van der Waals surface area contributed by atoms with Crippen LogP contribution in [0, 0.1) is 0 Å². The fourth-order valence-electron chi connectivity index (χ4n) is 1.52. The lowest BCUT2D eigenvalue weighted by atomic mass is 10.3. The topological polar surface area (TPSA) is 55.1 Å². The molecule has 0 bridgehead atoms. The number of carboxylic acids is 1. The molecule has 2 heterocycles. The lowest BCUT2D eigenvalue weighted by molar-refractivity contribution is -0.137. The minimum Gasteiger partial charge on any atom is -0.481 e. The Morgan fingerprint density at radius 3 is 3.12 bits per heavy atom. The molecule has 0 radical (unpaired) electrons. The minimum atomic E-state index is -0.752. The molecule has 0 aliphatic carbocycles. The molecule has 1 N–H and O–H groups in total. The van der Waals surface area contributed by atoms with Gasteiger partial charge in [-0.3, -0.25) is 4.79 Å². The van der Waals surface area contributed by atoms with E-state index in [0.29, 0.717) is 13.0 Å². The number of aliphatic carboxylic acids is 1. The van der Waals surface area contributed by atoms with Crippen LogP contribution in [0.15, 0.2) is 29.9 Å². The normalized spacial score (nSPS) is 10.5. The van der Waals surface area contributed by atoms with Crippen LogP contribution in [0.3, 0.4) is 0 Å². The summed E-state index contributed by atoms with van der Waals surface area (Å²) in [6, 6.07) is 4.00. The molecular formula is C11H12N2O2S. The molecule has 0 amide bonds. The van der Waals surface area contributed by atoms with Crippen LogP contribution in [0.1, 0.15) is 12.8 Å². The molecule has 0 aromatic carbocycles. The summed E-state index contributed by atoms with van der Waals surface area (Å²) in [7, 11) is 0. The Labute approximate surface area is 97.2 Å². The number of nitrogens with zero attached hydrogens (tertiary/aromatic N) is 2. The molecule has 4 nitrogen and oxygen atoms in total. The van der Waals surface area contributed by atoms with Crippen molar-refractivity contribution in [1.29, 1.82) is 0 Å². The van der Waals surface area contributed by atoms with Gasteiger partial charge in [-0.15, -0.1) is 11.3 Å². The maximum absolute atomic E-state index is 10.4. The first-order valence-electron chi connectivity index (χ1n) is 5.04. The molecule has 16 heavy (non-hydrogen) atoms. The minimum absolute atomic E-state index is 0.196. The average Bonchev–Trinajstić information content (AvgIpc) is 2.84. The molecule has 0 saturated carbocycles. The van der Waals surface area contributed by atoms with E-state index < -0.39 is 5.97 Å². The van der Waals surface area contributed by atoms with E-state index in [1.165, 1.54) is 0 Å². The fourth-order valence-corrected chi connectivity index (χ4v) is 2.26. The lowest BCUT2D eigenvalue weighted by Gasteiger charge is -2.04. The Morgan fingerprint density at radius 1 is 1.56 bits per heavy atom. The van der Waals surface area contributed by atoms with Crippen LogP contribution >= 0.6 is 11.3 Å². The highest BCUT2D eigenvalue weighted by Gasteiger charge is 2.06. The van der Waals surface area contributed by atoms with Crippen LogP contribution < -0.4 is 0 Å². The number of thiophene rings is 1. The predicted octanol–water partition coefficient (Wildman–Crippen LogP) is 2.48. The second-order valence-electron chi connectivity index (χ2n) is 3.42. The van der Waals surface area contributed by atoms with Gasteiger partial charge in [0.05, 0.1) is 4.88 Å². The number of carbonyl (C=O) groups is 1. The third kappa shape index (κ3) is 2.49. The molecule has 0 aliphatic heterocycles. The molecule has 0 atom stereocenters. The molecular weight excluding hydrogens is 224 g/mol. The molecule has 2 aromatic heterocycles. The van der Waals surface area contributed by atoms with E-state index in [1.807, 2.05) is 28.3 Å². The number of rotatable bonds is 5. The van der Waals surface area contributed by atoms with E-state index in [1.54, 1.807) is 17.5 Å². The van der Waals surface area contributed by atoms with Crippen molar-refractivity contribution in [3.05, 3.63) is 29.9 Å². The summed E-state index contributed by atoms with van der Waals surface area (Å²) in [5.74, 6) is 0.165. The Bertz CT molecular complexity index is 462. The van der Waals surface area contributed by atoms with Crippen LogP contribution in [0.2, 0.25) is 0 Å². The van der Waals surface area contributed by atoms with E-state index in [2.05, 4.69) is 4.98 Å². The number of carboxylic acid groups (broad SMARTS) is 1. The van der Waals surface area contributed by atoms with Crippen molar-refractivity contribution in [1.82, 2.24) is 9.55 Å². The fraction of sp³-hybridized carbons (Fsp3) is 0.273. The van der Waals surface area contributed by atoms with Crippen LogP contribution in [0.25, 0.3) is 10.7 Å². The zero-order chi connectivity index (χ0) is 11.4. The summed E-state index contributed by atoms with van der Waals surface area (Å²) >= 11 is 1.63. The number of hydrogen-bond donors (Lipinski definition) is 1. The standard InChI is InChI=1S/C11H12N2O2S/c14-10(15)4-1-6-13-7-5-12-11(13)9-3-2-8-16-9/h2-3,5,7-8H,1,4,6H2,(H,14,15). The Balaban J connectivity index is 2.05. The third-order valence-electron chi connectivity index (χ3n) is 2.25. The first-order valence-corrected chi connectivity index (χ1v) is 5.92. The lowest BCUT2D eigenvalue weighted by Crippen LogP contribution is -2.02. The molecule has 84 valence electrons. The van der Waals surface area contributed by atoms with Gasteiger partial charge in [0.2, 0.25) is 0 Å². The van der Waals surface area contributed by atoms with Gasteiger partial charge < -0.3 is 9.67 Å². The van der Waals surface area contributed by atoms with Crippen molar-refractivity contribution >= 4 is 17.3 Å². The Kier molecular flexibility index (Phi) is 3.36. The van der Waals surface area contributed by atoms with Gasteiger partial charge in [0.25, 0.3) is 0 Å². The van der Waals surface area contributed by atoms with E-state index in [9.17, 15) is 4.79 Å². The van der Waals surface area contributed by atoms with Gasteiger partial charge in [0, 0.05) is 25.4 Å². The van der Waals surface area contributed by atoms with Gasteiger partial charge in [0.1, 0.15) is 5.82 Å². The molecule has 5 heteroatoms. The van der Waals surface area contributed by atoms with Gasteiger partial charge >= 0.3 is 5.97 Å². The van der Waals surface area contributed by atoms with Crippen molar-refractivity contribution in [2.75, 3.05) is 0 Å². The summed E-state index contributed by atoms with van der Waals surface area (Å²) in [4.78, 5) is 15.8. The zero-order valence-electron chi connectivity index (χ0n) is 8.67. The van der Waals surface area contributed by atoms with Crippen molar-refractivity contribution in [2.24, 2.45) is 0 Å². The average molecular weight is 236 g/mol. The summed E-state index contributed by atoms with van der Waals surface area (Å²) in [6.45, 7) is 0.694. The number of hydrogen-bond acceptors (Lipinski definition) is 3. The summed E-state index contributed by atoms with van der Waals surface area (Å²) in [6.07, 6.45) is 4.46. The Hall–Kier alpha value is -1.62. The molecule has 2 rings (SSSR count). The maximum atomic E-state index is 10.4. The number of aromatic nitrogens is 2. The van der Waals surface area contributed by atoms with E-state index in [0.717, 1.165) is 10.7 Å². The highest BCUT2D eigenvalue weighted by atomic mass is 32.1. The molecule has 0 spiro atoms. The van der Waals surface area contributed by atoms with Gasteiger partial charge in [-0.1, -0.05) is 6.07 Å². The molecule has 0 aliphatic rings. The van der Waals surface area contributed by atoms with Crippen molar-refractivity contribution < 1.29 is 9.90 Å². The van der Waals surface area contributed by atoms with Crippen LogP contribution in [0.4, 0.5) is 0 Å². The van der Waals surface area contributed by atoms with Crippen LogP contribution in [0.5, 0.6) is 0 Å². The van der Waals surface area contributed by atoms with E-state index in [4.69, 9.17) is 5.11 Å².